The Morgan fingerprint density at radius 3 is 2.90 bits per heavy atom. The molecule has 112 valence electrons. The Labute approximate surface area is 126 Å². The van der Waals surface area contributed by atoms with Crippen LogP contribution in [0.3, 0.4) is 0 Å². The molecule has 1 heterocycles. The molecule has 0 bridgehead atoms. The quantitative estimate of drug-likeness (QED) is 0.875. The molecule has 3 heteroatoms. The van der Waals surface area contributed by atoms with E-state index < -0.39 is 0 Å². The van der Waals surface area contributed by atoms with Gasteiger partial charge in [-0.1, -0.05) is 6.07 Å². The number of carbonyl (C=O) groups is 1. The summed E-state index contributed by atoms with van der Waals surface area (Å²) < 4.78 is 0. The Morgan fingerprint density at radius 2 is 1.95 bits per heavy atom. The number of fused-ring (bicyclic) bond motifs is 2. The number of amides is 1. The first-order valence-electron chi connectivity index (χ1n) is 8.43. The maximum atomic E-state index is 12.5. The van der Waals surface area contributed by atoms with Gasteiger partial charge in [0.05, 0.1) is 0 Å². The van der Waals surface area contributed by atoms with Gasteiger partial charge in [0.1, 0.15) is 0 Å². The molecule has 0 aromatic heterocycles. The van der Waals surface area contributed by atoms with E-state index in [1.807, 2.05) is 6.07 Å². The van der Waals surface area contributed by atoms with Crippen molar-refractivity contribution in [3.05, 3.63) is 34.9 Å². The second-order valence-corrected chi connectivity index (χ2v) is 7.00. The van der Waals surface area contributed by atoms with Crippen LogP contribution in [0.1, 0.15) is 47.2 Å². The summed E-state index contributed by atoms with van der Waals surface area (Å²) in [5, 5.41) is 6.76. The molecule has 3 atom stereocenters. The fourth-order valence-corrected chi connectivity index (χ4v) is 4.41. The van der Waals surface area contributed by atoms with Crippen molar-refractivity contribution in [2.24, 2.45) is 11.8 Å². The number of hydrogen-bond acceptors (Lipinski definition) is 2. The summed E-state index contributed by atoms with van der Waals surface area (Å²) in [5.74, 6) is 1.74. The maximum absolute atomic E-state index is 12.5. The Hall–Kier alpha value is -1.35. The third-order valence-electron chi connectivity index (χ3n) is 5.65. The highest BCUT2D eigenvalue weighted by molar-refractivity contribution is 5.94. The molecule has 2 N–H and O–H groups in total. The molecule has 1 amide bonds. The minimum atomic E-state index is 0.124. The predicted molar refractivity (Wildman–Crippen MR) is 83.4 cm³/mol. The molecule has 4 rings (SSSR count). The Morgan fingerprint density at radius 1 is 1.10 bits per heavy atom. The summed E-state index contributed by atoms with van der Waals surface area (Å²) in [6.45, 7) is 2.31. The monoisotopic (exact) mass is 284 g/mol. The van der Waals surface area contributed by atoms with Crippen molar-refractivity contribution in [1.29, 1.82) is 0 Å². The first kappa shape index (κ1) is 13.3. The molecule has 1 aromatic rings. The normalized spacial score (nSPS) is 30.8. The minimum Gasteiger partial charge on any atom is -0.349 e. The average molecular weight is 284 g/mol. The zero-order chi connectivity index (χ0) is 14.2. The van der Waals surface area contributed by atoms with Gasteiger partial charge >= 0.3 is 0 Å². The van der Waals surface area contributed by atoms with E-state index in [1.165, 1.54) is 36.9 Å². The van der Waals surface area contributed by atoms with Crippen LogP contribution < -0.4 is 10.6 Å². The van der Waals surface area contributed by atoms with Crippen LogP contribution in [0, 0.1) is 11.8 Å². The molecular weight excluding hydrogens is 260 g/mol. The van der Waals surface area contributed by atoms with Gasteiger partial charge in [0.2, 0.25) is 0 Å². The molecule has 1 aliphatic heterocycles. The van der Waals surface area contributed by atoms with Crippen molar-refractivity contribution in [3.8, 4) is 0 Å². The third kappa shape index (κ3) is 2.59. The summed E-state index contributed by atoms with van der Waals surface area (Å²) in [5.41, 5.74) is 3.66. The van der Waals surface area contributed by atoms with Gasteiger partial charge < -0.3 is 10.6 Å². The summed E-state index contributed by atoms with van der Waals surface area (Å²) in [4.78, 5) is 12.5. The number of nitrogens with one attached hydrogen (secondary N) is 2. The van der Waals surface area contributed by atoms with E-state index in [0.29, 0.717) is 6.04 Å². The van der Waals surface area contributed by atoms with E-state index >= 15 is 0 Å². The van der Waals surface area contributed by atoms with Crippen LogP contribution in [0.15, 0.2) is 18.2 Å². The van der Waals surface area contributed by atoms with Crippen LogP contribution in [0.25, 0.3) is 0 Å². The van der Waals surface area contributed by atoms with Crippen LogP contribution in [-0.2, 0) is 12.8 Å². The number of aryl methyl sites for hydroxylation is 2. The van der Waals surface area contributed by atoms with E-state index in [4.69, 9.17) is 0 Å². The summed E-state index contributed by atoms with van der Waals surface area (Å²) in [6, 6.07) is 6.63. The molecule has 3 aliphatic rings. The summed E-state index contributed by atoms with van der Waals surface area (Å²) >= 11 is 0. The second kappa shape index (κ2) is 5.45. The van der Waals surface area contributed by atoms with E-state index in [9.17, 15) is 4.79 Å². The molecule has 21 heavy (non-hydrogen) atoms. The van der Waals surface area contributed by atoms with E-state index in [0.717, 1.165) is 43.2 Å². The van der Waals surface area contributed by atoms with Crippen molar-refractivity contribution in [1.82, 2.24) is 10.6 Å². The molecule has 1 saturated heterocycles. The fourth-order valence-electron chi connectivity index (χ4n) is 4.41. The molecular formula is C18H24N2O. The van der Waals surface area contributed by atoms with Gasteiger partial charge in [-0.2, -0.15) is 0 Å². The number of carbonyl (C=O) groups excluding carboxylic acids is 1. The van der Waals surface area contributed by atoms with Crippen LogP contribution in [0.5, 0.6) is 0 Å². The molecule has 0 radical (unpaired) electrons. The lowest BCUT2D eigenvalue weighted by molar-refractivity contribution is 0.0913. The van der Waals surface area contributed by atoms with Crippen molar-refractivity contribution in [2.45, 2.75) is 44.6 Å². The molecule has 1 aromatic carbocycles. The lowest BCUT2D eigenvalue weighted by Gasteiger charge is -2.31. The maximum Gasteiger partial charge on any atom is 0.251 e. The summed E-state index contributed by atoms with van der Waals surface area (Å²) in [6.07, 6.45) is 7.09. The van der Waals surface area contributed by atoms with Crippen LogP contribution >= 0.6 is 0 Å². The highest BCUT2D eigenvalue weighted by Gasteiger charge is 2.34. The number of benzene rings is 1. The van der Waals surface area contributed by atoms with Gasteiger partial charge in [-0.3, -0.25) is 4.79 Å². The number of rotatable bonds is 2. The van der Waals surface area contributed by atoms with E-state index in [2.05, 4.69) is 22.8 Å². The van der Waals surface area contributed by atoms with Gasteiger partial charge in [-0.25, -0.2) is 0 Å². The van der Waals surface area contributed by atoms with Crippen molar-refractivity contribution in [2.75, 3.05) is 13.1 Å². The van der Waals surface area contributed by atoms with Gasteiger partial charge in [-0.05, 0) is 86.7 Å². The lowest BCUT2D eigenvalue weighted by Crippen LogP contribution is -2.40. The molecule has 1 unspecified atom stereocenters. The zero-order valence-electron chi connectivity index (χ0n) is 12.5. The Bertz CT molecular complexity index is 554. The molecule has 3 nitrogen and oxygen atoms in total. The molecule has 0 spiro atoms. The summed E-state index contributed by atoms with van der Waals surface area (Å²) in [7, 11) is 0. The zero-order valence-corrected chi connectivity index (χ0v) is 12.5. The highest BCUT2D eigenvalue weighted by atomic mass is 16.1. The molecule has 2 fully saturated rings. The Balaban J connectivity index is 1.41. The van der Waals surface area contributed by atoms with Crippen LogP contribution in [-0.4, -0.2) is 25.0 Å². The number of hydrogen-bond donors (Lipinski definition) is 2. The van der Waals surface area contributed by atoms with Gasteiger partial charge in [-0.15, -0.1) is 0 Å². The Kier molecular flexibility index (Phi) is 3.46. The molecule has 2 aliphatic carbocycles. The smallest absolute Gasteiger partial charge is 0.251 e. The third-order valence-corrected chi connectivity index (χ3v) is 5.65. The van der Waals surface area contributed by atoms with Crippen molar-refractivity contribution >= 4 is 5.91 Å². The fraction of sp³-hybridized carbons (Fsp3) is 0.611. The van der Waals surface area contributed by atoms with Crippen molar-refractivity contribution < 1.29 is 4.79 Å². The van der Waals surface area contributed by atoms with E-state index in [-0.39, 0.29) is 5.91 Å². The van der Waals surface area contributed by atoms with Crippen LogP contribution in [0.4, 0.5) is 0 Å². The average Bonchev–Trinajstić information content (AvgIpc) is 3.14. The van der Waals surface area contributed by atoms with Crippen LogP contribution in [0.2, 0.25) is 0 Å². The largest absolute Gasteiger partial charge is 0.349 e. The second-order valence-electron chi connectivity index (χ2n) is 7.00. The topological polar surface area (TPSA) is 41.1 Å². The standard InChI is InChI=1S/C18H24N2O/c21-18(14-5-4-12-2-1-3-13(12)8-14)20-17-7-6-15-10-19-11-16(15)9-17/h4-5,8,15-17,19H,1-3,6-7,9-11H2,(H,20,21)/t15-,16+,17?/m0/s1. The van der Waals surface area contributed by atoms with Crippen molar-refractivity contribution in [3.63, 3.8) is 0 Å². The SMILES string of the molecule is O=C(NC1CC[C@H]2CNC[C@H]2C1)c1ccc2c(c1)CCC2. The predicted octanol–water partition coefficient (Wildman–Crippen LogP) is 2.29. The van der Waals surface area contributed by atoms with Gasteiger partial charge in [0, 0.05) is 11.6 Å². The van der Waals surface area contributed by atoms with Gasteiger partial charge in [0.25, 0.3) is 5.91 Å². The first-order chi connectivity index (χ1) is 10.3. The van der Waals surface area contributed by atoms with Gasteiger partial charge in [0.15, 0.2) is 0 Å². The minimum absolute atomic E-state index is 0.124. The van der Waals surface area contributed by atoms with E-state index in [1.54, 1.807) is 0 Å². The lowest BCUT2D eigenvalue weighted by atomic mass is 9.79. The first-order valence-corrected chi connectivity index (χ1v) is 8.43. The molecule has 1 saturated carbocycles. The highest BCUT2D eigenvalue weighted by Crippen LogP contribution is 2.32.